The lowest BCUT2D eigenvalue weighted by molar-refractivity contribution is -0.141. The Labute approximate surface area is 223 Å². The minimum atomic E-state index is -1.91. The molecule has 1 saturated heterocycles. The van der Waals surface area contributed by atoms with Gasteiger partial charge in [0, 0.05) is 10.6 Å². The summed E-state index contributed by atoms with van der Waals surface area (Å²) < 4.78 is 13.1. The minimum Gasteiger partial charge on any atom is -0.466 e. The van der Waals surface area contributed by atoms with Gasteiger partial charge in [-0.25, -0.2) is 14.4 Å². The van der Waals surface area contributed by atoms with Crippen LogP contribution in [0.2, 0.25) is 5.02 Å². The third-order valence-corrected chi connectivity index (χ3v) is 7.39. The van der Waals surface area contributed by atoms with Gasteiger partial charge in [-0.15, -0.1) is 0 Å². The Morgan fingerprint density at radius 3 is 2.03 bits per heavy atom. The van der Waals surface area contributed by atoms with Crippen molar-refractivity contribution in [3.8, 4) is 0 Å². The van der Waals surface area contributed by atoms with Gasteiger partial charge in [0.2, 0.25) is 0 Å². The lowest BCUT2D eigenvalue weighted by atomic mass is 9.93. The summed E-state index contributed by atoms with van der Waals surface area (Å²) in [5, 5.41) is 3.68. The van der Waals surface area contributed by atoms with E-state index in [2.05, 4.69) is 5.32 Å². The van der Waals surface area contributed by atoms with Crippen molar-refractivity contribution in [2.24, 2.45) is 0 Å². The molecule has 0 saturated carbocycles. The van der Waals surface area contributed by atoms with Crippen LogP contribution in [0.3, 0.4) is 0 Å². The molecule has 0 bridgehead atoms. The fraction of sp³-hybridized carbons (Fsp3) is 0.375. The van der Waals surface area contributed by atoms with Crippen LogP contribution in [0.5, 0.6) is 0 Å². The number of esters is 3. The van der Waals surface area contributed by atoms with E-state index in [0.29, 0.717) is 5.02 Å². The molecule has 3 rings (SSSR count). The molecule has 1 aromatic carbocycles. The number of nitrogens with zero attached hydrogens (tertiary/aromatic N) is 1. The number of ether oxygens (including phenoxy) is 3. The second kappa shape index (κ2) is 10.2. The number of benzene rings is 1. The molecule has 1 fully saturated rings. The maximum Gasteiger partial charge on any atom is 0.340 e. The first-order valence-electron chi connectivity index (χ1n) is 10.6. The molecule has 12 heteroatoms. The second-order valence-electron chi connectivity index (χ2n) is 8.92. The summed E-state index contributed by atoms with van der Waals surface area (Å²) in [6.45, 7) is 5.46. The van der Waals surface area contributed by atoms with Crippen LogP contribution in [-0.2, 0) is 39.9 Å². The van der Waals surface area contributed by atoms with Gasteiger partial charge in [0.15, 0.2) is 4.75 Å². The van der Waals surface area contributed by atoms with Crippen molar-refractivity contribution in [3.63, 3.8) is 0 Å². The van der Waals surface area contributed by atoms with Crippen LogP contribution >= 0.6 is 35.6 Å². The van der Waals surface area contributed by atoms with Gasteiger partial charge >= 0.3 is 17.9 Å². The number of thiocarbonyl (C=S) groups is 1. The smallest absolute Gasteiger partial charge is 0.340 e. The summed E-state index contributed by atoms with van der Waals surface area (Å²) >= 11 is 12.4. The zero-order valence-corrected chi connectivity index (χ0v) is 22.9. The fourth-order valence-electron chi connectivity index (χ4n) is 3.94. The van der Waals surface area contributed by atoms with E-state index >= 15 is 0 Å². The molecule has 192 valence electrons. The quantitative estimate of drug-likeness (QED) is 0.321. The van der Waals surface area contributed by atoms with Gasteiger partial charge in [-0.1, -0.05) is 47.7 Å². The van der Waals surface area contributed by atoms with Crippen LogP contribution in [0.15, 0.2) is 46.7 Å². The standard InChI is InChI=1S/C24H25ClN2O7S2/c1-23(2,3)26-17-15(19(29)33-5)14(18(28)32-4)16(20(30)34-6)24(17)21(31)27(22(35)36-24)11-12-7-9-13(25)10-8-12/h7-10,26H,11H2,1-6H3. The number of hydrogen-bond acceptors (Lipinski definition) is 10. The van der Waals surface area contributed by atoms with Crippen molar-refractivity contribution >= 4 is 63.7 Å². The SMILES string of the molecule is COC(=O)C1=C(NC(C)(C)C)C2(SC(=S)N(Cc3ccc(Cl)cc3)C2=O)C(C(=O)OC)=C1C(=O)OC. The number of amides is 1. The summed E-state index contributed by atoms with van der Waals surface area (Å²) in [5.74, 6) is -3.55. The van der Waals surface area contributed by atoms with Crippen molar-refractivity contribution in [1.29, 1.82) is 0 Å². The average Bonchev–Trinajstić information content (AvgIpc) is 3.24. The Balaban J connectivity index is 2.33. The fourth-order valence-corrected chi connectivity index (χ4v) is 5.85. The average molecular weight is 553 g/mol. The van der Waals surface area contributed by atoms with Crippen LogP contribution in [0.25, 0.3) is 0 Å². The van der Waals surface area contributed by atoms with Gasteiger partial charge in [0.05, 0.1) is 50.3 Å². The van der Waals surface area contributed by atoms with E-state index in [-0.39, 0.29) is 27.7 Å². The Bertz CT molecular complexity index is 1220. The molecule has 2 aliphatic rings. The highest BCUT2D eigenvalue weighted by Gasteiger charge is 2.65. The van der Waals surface area contributed by atoms with E-state index in [0.717, 1.165) is 38.7 Å². The summed E-state index contributed by atoms with van der Waals surface area (Å²) in [6.07, 6.45) is 0. The number of carbonyl (C=O) groups is 4. The maximum absolute atomic E-state index is 14.2. The Morgan fingerprint density at radius 1 is 1.00 bits per heavy atom. The van der Waals surface area contributed by atoms with Crippen LogP contribution in [0.4, 0.5) is 0 Å². The number of rotatable bonds is 6. The second-order valence-corrected chi connectivity index (χ2v) is 11.2. The monoisotopic (exact) mass is 552 g/mol. The van der Waals surface area contributed by atoms with Gasteiger partial charge in [-0.2, -0.15) is 0 Å². The van der Waals surface area contributed by atoms with Crippen LogP contribution < -0.4 is 5.32 Å². The molecule has 1 atom stereocenters. The summed E-state index contributed by atoms with van der Waals surface area (Å²) in [4.78, 5) is 54.7. The molecular weight excluding hydrogens is 528 g/mol. The minimum absolute atomic E-state index is 0.00129. The van der Waals surface area contributed by atoms with E-state index < -0.39 is 39.7 Å². The molecular formula is C24H25ClN2O7S2. The molecule has 0 aromatic heterocycles. The lowest BCUT2D eigenvalue weighted by Gasteiger charge is -2.33. The number of nitrogens with one attached hydrogen (secondary N) is 1. The van der Waals surface area contributed by atoms with Gasteiger partial charge in [0.1, 0.15) is 4.32 Å². The highest BCUT2D eigenvalue weighted by molar-refractivity contribution is 8.25. The third kappa shape index (κ3) is 4.74. The zero-order chi connectivity index (χ0) is 27.0. The molecule has 36 heavy (non-hydrogen) atoms. The number of hydrogen-bond donors (Lipinski definition) is 1. The van der Waals surface area contributed by atoms with Gasteiger partial charge in [0.25, 0.3) is 5.91 Å². The van der Waals surface area contributed by atoms with Crippen LogP contribution in [0.1, 0.15) is 26.3 Å². The first-order chi connectivity index (χ1) is 16.8. The molecule has 1 aliphatic carbocycles. The topological polar surface area (TPSA) is 111 Å². The summed E-state index contributed by atoms with van der Waals surface area (Å²) in [6, 6.07) is 6.83. The lowest BCUT2D eigenvalue weighted by Crippen LogP contribution is -2.50. The highest BCUT2D eigenvalue weighted by Crippen LogP contribution is 2.55. The van der Waals surface area contributed by atoms with Gasteiger partial charge < -0.3 is 19.5 Å². The molecule has 1 amide bonds. The van der Waals surface area contributed by atoms with Crippen LogP contribution in [-0.4, -0.2) is 64.7 Å². The van der Waals surface area contributed by atoms with Gasteiger partial charge in [-0.05, 0) is 38.5 Å². The number of carbonyl (C=O) groups excluding carboxylic acids is 4. The van der Waals surface area contributed by atoms with Gasteiger partial charge in [-0.3, -0.25) is 9.69 Å². The first kappa shape index (κ1) is 27.7. The zero-order valence-electron chi connectivity index (χ0n) is 20.5. The van der Waals surface area contributed by atoms with E-state index in [1.165, 1.54) is 4.90 Å². The Hall–Kier alpha value is -2.89. The van der Waals surface area contributed by atoms with Crippen molar-refractivity contribution in [3.05, 3.63) is 57.3 Å². The number of halogens is 1. The largest absolute Gasteiger partial charge is 0.466 e. The first-order valence-corrected chi connectivity index (χ1v) is 12.2. The van der Waals surface area contributed by atoms with Crippen molar-refractivity contribution in [2.75, 3.05) is 21.3 Å². The summed E-state index contributed by atoms with van der Waals surface area (Å²) in [7, 11) is 3.34. The molecule has 1 aliphatic heterocycles. The molecule has 1 heterocycles. The maximum atomic E-state index is 14.2. The van der Waals surface area contributed by atoms with Crippen molar-refractivity contribution < 1.29 is 33.4 Å². The normalized spacial score (nSPS) is 19.8. The molecule has 1 N–H and O–H groups in total. The Morgan fingerprint density at radius 2 is 1.53 bits per heavy atom. The summed E-state index contributed by atoms with van der Waals surface area (Å²) in [5.41, 5.74) is -1.05. The molecule has 1 unspecified atom stereocenters. The molecule has 9 nitrogen and oxygen atoms in total. The number of methoxy groups -OCH3 is 3. The molecule has 0 radical (unpaired) electrons. The predicted octanol–water partition coefficient (Wildman–Crippen LogP) is 2.91. The van der Waals surface area contributed by atoms with E-state index in [4.69, 9.17) is 38.0 Å². The number of thioether (sulfide) groups is 1. The van der Waals surface area contributed by atoms with Crippen LogP contribution in [0, 0.1) is 0 Å². The van der Waals surface area contributed by atoms with Crippen molar-refractivity contribution in [2.45, 2.75) is 37.6 Å². The van der Waals surface area contributed by atoms with Crippen molar-refractivity contribution in [1.82, 2.24) is 10.2 Å². The van der Waals surface area contributed by atoms with E-state index in [1.807, 2.05) is 0 Å². The third-order valence-electron chi connectivity index (χ3n) is 5.38. The molecule has 1 spiro atoms. The predicted molar refractivity (Wildman–Crippen MR) is 138 cm³/mol. The van der Waals surface area contributed by atoms with E-state index in [1.54, 1.807) is 45.0 Å². The van der Waals surface area contributed by atoms with E-state index in [9.17, 15) is 19.2 Å². The highest BCUT2D eigenvalue weighted by atomic mass is 35.5. The Kier molecular flexibility index (Phi) is 7.87. The molecule has 1 aromatic rings.